The van der Waals surface area contributed by atoms with Gasteiger partial charge in [0.2, 0.25) is 17.7 Å². The van der Waals surface area contributed by atoms with Crippen LogP contribution >= 0.6 is 0 Å². The van der Waals surface area contributed by atoms with Crippen molar-refractivity contribution in [3.63, 3.8) is 0 Å². The van der Waals surface area contributed by atoms with Crippen molar-refractivity contribution in [3.8, 4) is 0 Å². The maximum absolute atomic E-state index is 12.6. The summed E-state index contributed by atoms with van der Waals surface area (Å²) in [5.41, 5.74) is 6.72. The fourth-order valence-electron chi connectivity index (χ4n) is 3.07. The summed E-state index contributed by atoms with van der Waals surface area (Å²) >= 11 is 0. The second kappa shape index (κ2) is 13.5. The zero-order chi connectivity index (χ0) is 24.3. The van der Waals surface area contributed by atoms with E-state index in [9.17, 15) is 24.3 Å². The molecular weight excluding hydrogens is 412 g/mol. The Morgan fingerprint density at radius 1 is 0.969 bits per heavy atom. The van der Waals surface area contributed by atoms with E-state index in [-0.39, 0.29) is 18.3 Å². The molecule has 0 heterocycles. The highest BCUT2D eigenvalue weighted by atomic mass is 16.4. The molecule has 0 saturated carbocycles. The number of rotatable bonds is 13. The van der Waals surface area contributed by atoms with Crippen LogP contribution in [0.4, 0.5) is 0 Å². The molecule has 0 saturated heterocycles. The molecule has 0 bridgehead atoms. The van der Waals surface area contributed by atoms with Gasteiger partial charge in [0.25, 0.3) is 0 Å². The van der Waals surface area contributed by atoms with Gasteiger partial charge in [-0.2, -0.15) is 0 Å². The van der Waals surface area contributed by atoms with Gasteiger partial charge in [-0.1, -0.05) is 64.4 Å². The molecule has 4 atom stereocenters. The fraction of sp³-hybridized carbons (Fsp3) is 0.565. The monoisotopic (exact) mass is 448 g/mol. The minimum absolute atomic E-state index is 0.0406. The van der Waals surface area contributed by atoms with Gasteiger partial charge in [0.15, 0.2) is 0 Å². The quantitative estimate of drug-likeness (QED) is 0.301. The average molecular weight is 449 g/mol. The molecular formula is C23H36N4O5. The van der Waals surface area contributed by atoms with Crippen LogP contribution in [0.3, 0.4) is 0 Å². The van der Waals surface area contributed by atoms with Crippen LogP contribution in [0.2, 0.25) is 0 Å². The van der Waals surface area contributed by atoms with Gasteiger partial charge < -0.3 is 26.8 Å². The van der Waals surface area contributed by atoms with E-state index >= 15 is 0 Å². The Kier molecular flexibility index (Phi) is 11.4. The van der Waals surface area contributed by atoms with Gasteiger partial charge in [-0.05, 0) is 23.8 Å². The number of carboxylic acid groups (broad SMARTS) is 1. The second-order valence-electron chi connectivity index (χ2n) is 8.47. The van der Waals surface area contributed by atoms with Crippen LogP contribution in [0.25, 0.3) is 0 Å². The highest BCUT2D eigenvalue weighted by Gasteiger charge is 2.27. The summed E-state index contributed by atoms with van der Waals surface area (Å²) < 4.78 is 0. The van der Waals surface area contributed by atoms with E-state index in [0.717, 1.165) is 12.0 Å². The molecule has 0 aliphatic rings. The van der Waals surface area contributed by atoms with Crippen molar-refractivity contribution in [2.24, 2.45) is 17.6 Å². The number of carboxylic acids is 1. The van der Waals surface area contributed by atoms with Crippen molar-refractivity contribution in [2.75, 3.05) is 6.54 Å². The van der Waals surface area contributed by atoms with E-state index in [1.807, 2.05) is 33.8 Å². The maximum Gasteiger partial charge on any atom is 0.326 e. The van der Waals surface area contributed by atoms with Crippen molar-refractivity contribution in [2.45, 2.75) is 65.1 Å². The Morgan fingerprint density at radius 2 is 1.59 bits per heavy atom. The first-order valence-electron chi connectivity index (χ1n) is 10.9. The van der Waals surface area contributed by atoms with Gasteiger partial charge in [-0.25, -0.2) is 4.79 Å². The average Bonchev–Trinajstić information content (AvgIpc) is 2.75. The van der Waals surface area contributed by atoms with Crippen LogP contribution in [0.15, 0.2) is 30.3 Å². The first kappa shape index (κ1) is 27.1. The summed E-state index contributed by atoms with van der Waals surface area (Å²) in [5, 5.41) is 17.0. The molecule has 0 aromatic heterocycles. The molecule has 1 aromatic rings. The Balaban J connectivity index is 2.68. The molecule has 4 unspecified atom stereocenters. The van der Waals surface area contributed by atoms with Crippen LogP contribution < -0.4 is 21.7 Å². The highest BCUT2D eigenvalue weighted by Crippen LogP contribution is 2.09. The molecule has 0 aliphatic carbocycles. The summed E-state index contributed by atoms with van der Waals surface area (Å²) in [6.07, 6.45) is 1.22. The molecule has 0 spiro atoms. The minimum Gasteiger partial charge on any atom is -0.480 e. The van der Waals surface area contributed by atoms with Gasteiger partial charge in [-0.3, -0.25) is 14.4 Å². The maximum atomic E-state index is 12.6. The van der Waals surface area contributed by atoms with E-state index in [4.69, 9.17) is 5.73 Å². The molecule has 3 amide bonds. The fourth-order valence-corrected chi connectivity index (χ4v) is 3.07. The highest BCUT2D eigenvalue weighted by molar-refractivity contribution is 5.92. The van der Waals surface area contributed by atoms with Crippen molar-refractivity contribution in [3.05, 3.63) is 35.9 Å². The molecule has 0 aliphatic heterocycles. The van der Waals surface area contributed by atoms with Gasteiger partial charge >= 0.3 is 5.97 Å². The number of hydrogen-bond acceptors (Lipinski definition) is 5. The lowest BCUT2D eigenvalue weighted by Crippen LogP contribution is -2.55. The van der Waals surface area contributed by atoms with Crippen molar-refractivity contribution in [1.29, 1.82) is 0 Å². The van der Waals surface area contributed by atoms with E-state index < -0.39 is 48.4 Å². The smallest absolute Gasteiger partial charge is 0.326 e. The number of carbonyl (C=O) groups is 4. The van der Waals surface area contributed by atoms with Gasteiger partial charge in [0, 0.05) is 6.42 Å². The summed E-state index contributed by atoms with van der Waals surface area (Å²) in [4.78, 5) is 48.8. The number of nitrogens with one attached hydrogen (secondary N) is 3. The van der Waals surface area contributed by atoms with Gasteiger partial charge in [0.05, 0.1) is 12.6 Å². The number of amides is 3. The molecule has 6 N–H and O–H groups in total. The van der Waals surface area contributed by atoms with Crippen molar-refractivity contribution < 1.29 is 24.3 Å². The van der Waals surface area contributed by atoms with E-state index in [1.165, 1.54) is 0 Å². The predicted octanol–water partition coefficient (Wildman–Crippen LogP) is 0.819. The molecule has 1 aromatic carbocycles. The zero-order valence-corrected chi connectivity index (χ0v) is 19.3. The third-order valence-corrected chi connectivity index (χ3v) is 5.24. The van der Waals surface area contributed by atoms with E-state index in [1.54, 1.807) is 24.3 Å². The molecule has 0 radical (unpaired) electrons. The Morgan fingerprint density at radius 3 is 2.12 bits per heavy atom. The minimum atomic E-state index is -1.17. The summed E-state index contributed by atoms with van der Waals surface area (Å²) in [6.45, 7) is 7.21. The van der Waals surface area contributed by atoms with Gasteiger partial charge in [0.1, 0.15) is 12.1 Å². The van der Waals surface area contributed by atoms with Crippen molar-refractivity contribution in [1.82, 2.24) is 16.0 Å². The predicted molar refractivity (Wildman–Crippen MR) is 122 cm³/mol. The van der Waals surface area contributed by atoms with Crippen LogP contribution in [0.5, 0.6) is 0 Å². The van der Waals surface area contributed by atoms with Crippen LogP contribution in [0, 0.1) is 11.8 Å². The number of benzene rings is 1. The van der Waals surface area contributed by atoms with Crippen molar-refractivity contribution >= 4 is 23.7 Å². The topological polar surface area (TPSA) is 151 Å². The number of hydrogen-bond donors (Lipinski definition) is 5. The second-order valence-corrected chi connectivity index (χ2v) is 8.47. The first-order valence-corrected chi connectivity index (χ1v) is 10.9. The van der Waals surface area contributed by atoms with Gasteiger partial charge in [-0.15, -0.1) is 0 Å². The molecule has 0 fully saturated rings. The molecule has 9 heteroatoms. The normalized spacial score (nSPS) is 14.7. The molecule has 1 rings (SSSR count). The standard InChI is InChI=1S/C23H36N4O5/c1-5-15(4)20(24)22(30)27-17(11-14(2)3)21(29)25-13-19(28)26-18(23(31)32)12-16-9-7-6-8-10-16/h6-10,14-15,17-18,20H,5,11-13,24H2,1-4H3,(H,25,29)(H,26,28)(H,27,30)(H,31,32). The van der Waals surface area contributed by atoms with Crippen LogP contribution in [-0.2, 0) is 25.6 Å². The largest absolute Gasteiger partial charge is 0.480 e. The van der Waals surface area contributed by atoms with Crippen LogP contribution in [-0.4, -0.2) is 53.5 Å². The lowest BCUT2D eigenvalue weighted by Gasteiger charge is -2.24. The SMILES string of the molecule is CCC(C)C(N)C(=O)NC(CC(C)C)C(=O)NCC(=O)NC(Cc1ccccc1)C(=O)O. The number of aliphatic carboxylic acids is 1. The molecule has 178 valence electrons. The molecule has 32 heavy (non-hydrogen) atoms. The summed E-state index contributed by atoms with van der Waals surface area (Å²) in [6, 6.07) is 6.22. The lowest BCUT2D eigenvalue weighted by molar-refractivity contribution is -0.141. The zero-order valence-electron chi connectivity index (χ0n) is 19.3. The van der Waals surface area contributed by atoms with E-state index in [2.05, 4.69) is 16.0 Å². The Labute approximate surface area is 189 Å². The van der Waals surface area contributed by atoms with Crippen LogP contribution in [0.1, 0.15) is 46.1 Å². The van der Waals surface area contributed by atoms with E-state index in [0.29, 0.717) is 6.42 Å². The number of carbonyl (C=O) groups excluding carboxylic acids is 3. The Bertz CT molecular complexity index is 769. The Hall–Kier alpha value is -2.94. The first-order chi connectivity index (χ1) is 15.0. The third kappa shape index (κ3) is 9.47. The summed E-state index contributed by atoms with van der Waals surface area (Å²) in [7, 11) is 0. The lowest BCUT2D eigenvalue weighted by atomic mass is 9.97. The summed E-state index contributed by atoms with van der Waals surface area (Å²) in [5.74, 6) is -2.67. The number of nitrogens with two attached hydrogens (primary N) is 1. The molecule has 9 nitrogen and oxygen atoms in total. The third-order valence-electron chi connectivity index (χ3n) is 5.24.